The van der Waals surface area contributed by atoms with Gasteiger partial charge in [0.1, 0.15) is 22.1 Å². The molecule has 0 fully saturated rings. The number of anilines is 2. The number of carbonyl (C=O) groups excluding carboxylic acids is 2. The van der Waals surface area contributed by atoms with Gasteiger partial charge in [0.25, 0.3) is 11.8 Å². The molecule has 0 aliphatic carbocycles. The van der Waals surface area contributed by atoms with Crippen LogP contribution in [0.5, 0.6) is 11.5 Å². The minimum absolute atomic E-state index is 0.267. The average Bonchev–Trinajstić information content (AvgIpc) is 3.12. The third kappa shape index (κ3) is 5.29. The van der Waals surface area contributed by atoms with E-state index < -0.39 is 5.91 Å². The van der Waals surface area contributed by atoms with Gasteiger partial charge in [-0.05, 0) is 92.6 Å². The van der Waals surface area contributed by atoms with E-state index >= 15 is 0 Å². The molecular weight excluding hydrogens is 480 g/mol. The van der Waals surface area contributed by atoms with Crippen LogP contribution in [-0.2, 0) is 9.59 Å². The number of imide groups is 1. The smallest absolute Gasteiger partial charge is 0.283 e. The van der Waals surface area contributed by atoms with Crippen molar-refractivity contribution < 1.29 is 14.3 Å². The summed E-state index contributed by atoms with van der Waals surface area (Å²) in [7, 11) is 0. The molecule has 4 aromatic carbocycles. The number of hydrogen-bond acceptors (Lipinski definition) is 5. The third-order valence-corrected chi connectivity index (χ3v) is 7.22. The first kappa shape index (κ1) is 24.4. The fourth-order valence-electron chi connectivity index (χ4n) is 3.92. The molecule has 1 aliphatic rings. The molecule has 6 heteroatoms. The molecule has 0 saturated carbocycles. The first-order chi connectivity index (χ1) is 17.9. The lowest BCUT2D eigenvalue weighted by molar-refractivity contribution is -0.120. The van der Waals surface area contributed by atoms with E-state index in [-0.39, 0.29) is 11.6 Å². The molecule has 1 heterocycles. The van der Waals surface area contributed by atoms with E-state index in [0.29, 0.717) is 22.1 Å². The summed E-state index contributed by atoms with van der Waals surface area (Å²) in [5, 5.41) is 3.24. The van der Waals surface area contributed by atoms with Crippen LogP contribution in [0.1, 0.15) is 16.7 Å². The predicted octanol–water partition coefficient (Wildman–Crippen LogP) is 7.39. The first-order valence-corrected chi connectivity index (χ1v) is 12.8. The van der Waals surface area contributed by atoms with Gasteiger partial charge in [-0.15, -0.1) is 0 Å². The molecule has 37 heavy (non-hydrogen) atoms. The van der Waals surface area contributed by atoms with Crippen LogP contribution in [0.15, 0.2) is 113 Å². The van der Waals surface area contributed by atoms with Crippen LogP contribution in [0.2, 0.25) is 0 Å². The lowest BCUT2D eigenvalue weighted by atomic mass is 10.1. The van der Waals surface area contributed by atoms with Crippen molar-refractivity contribution in [3.8, 4) is 11.5 Å². The largest absolute Gasteiger partial charge is 0.457 e. The monoisotopic (exact) mass is 506 g/mol. The van der Waals surface area contributed by atoms with Gasteiger partial charge < -0.3 is 10.1 Å². The predicted molar refractivity (Wildman–Crippen MR) is 149 cm³/mol. The fourth-order valence-corrected chi connectivity index (χ4v) is 4.85. The van der Waals surface area contributed by atoms with Gasteiger partial charge in [-0.2, -0.15) is 0 Å². The summed E-state index contributed by atoms with van der Waals surface area (Å²) >= 11 is 1.29. The molecule has 0 unspecified atom stereocenters. The number of aryl methyl sites for hydroxylation is 3. The van der Waals surface area contributed by atoms with Gasteiger partial charge in [-0.1, -0.05) is 53.7 Å². The van der Waals surface area contributed by atoms with E-state index in [1.165, 1.54) is 16.7 Å². The quantitative estimate of drug-likeness (QED) is 0.265. The maximum Gasteiger partial charge on any atom is 0.283 e. The van der Waals surface area contributed by atoms with Crippen LogP contribution in [0, 0.1) is 20.8 Å². The number of para-hydroxylation sites is 1. The van der Waals surface area contributed by atoms with Gasteiger partial charge in [0.2, 0.25) is 0 Å². The minimum atomic E-state index is -0.394. The number of hydrogen-bond donors (Lipinski definition) is 1. The van der Waals surface area contributed by atoms with Crippen molar-refractivity contribution in [2.75, 3.05) is 10.2 Å². The van der Waals surface area contributed by atoms with Crippen molar-refractivity contribution in [2.45, 2.75) is 25.7 Å². The Morgan fingerprint density at radius 2 is 1.38 bits per heavy atom. The fraction of sp³-hybridized carbons (Fsp3) is 0.0968. The molecule has 1 N–H and O–H groups in total. The zero-order valence-electron chi connectivity index (χ0n) is 20.8. The van der Waals surface area contributed by atoms with Crippen molar-refractivity contribution in [2.24, 2.45) is 0 Å². The standard InChI is InChI=1S/C31H26N2O3S/c1-20-9-17-27(18-10-20)37-29-28(32-23-12-11-21(2)22(3)19-23)30(34)33(31(29)35)24-13-15-26(16-14-24)36-25-7-5-4-6-8-25/h4-19,32H,1-3H3. The van der Waals surface area contributed by atoms with E-state index in [0.717, 1.165) is 27.3 Å². The molecule has 184 valence electrons. The molecule has 0 aromatic heterocycles. The number of nitrogens with zero attached hydrogens (tertiary/aromatic N) is 1. The van der Waals surface area contributed by atoms with Crippen molar-refractivity contribution in [3.05, 3.63) is 124 Å². The Bertz CT molecular complexity index is 1490. The number of thioether (sulfide) groups is 1. The van der Waals surface area contributed by atoms with Crippen molar-refractivity contribution in [1.29, 1.82) is 0 Å². The Kier molecular flexibility index (Phi) is 6.84. The highest BCUT2D eigenvalue weighted by molar-refractivity contribution is 8.04. The zero-order valence-corrected chi connectivity index (χ0v) is 21.6. The lowest BCUT2D eigenvalue weighted by Gasteiger charge is -2.16. The van der Waals surface area contributed by atoms with Gasteiger partial charge in [0, 0.05) is 10.6 Å². The second-order valence-electron chi connectivity index (χ2n) is 8.90. The third-order valence-electron chi connectivity index (χ3n) is 6.13. The number of carbonyl (C=O) groups is 2. The number of nitrogens with one attached hydrogen (secondary N) is 1. The Labute approximate surface area is 220 Å². The van der Waals surface area contributed by atoms with Gasteiger partial charge in [0.15, 0.2) is 0 Å². The van der Waals surface area contributed by atoms with Crippen LogP contribution < -0.4 is 15.0 Å². The lowest BCUT2D eigenvalue weighted by Crippen LogP contribution is -2.32. The van der Waals surface area contributed by atoms with Crippen LogP contribution in [0.3, 0.4) is 0 Å². The SMILES string of the molecule is Cc1ccc(SC2=C(Nc3ccc(C)c(C)c3)C(=O)N(c3ccc(Oc4ccccc4)cc3)C2=O)cc1. The summed E-state index contributed by atoms with van der Waals surface area (Å²) in [5.41, 5.74) is 4.88. The molecular formula is C31H26N2O3S. The highest BCUT2D eigenvalue weighted by atomic mass is 32.2. The van der Waals surface area contributed by atoms with Crippen molar-refractivity contribution >= 4 is 35.0 Å². The number of amides is 2. The van der Waals surface area contributed by atoms with Crippen LogP contribution in [-0.4, -0.2) is 11.8 Å². The molecule has 0 spiro atoms. The summed E-state index contributed by atoms with van der Waals surface area (Å²) in [4.78, 5) is 29.7. The molecule has 0 bridgehead atoms. The second-order valence-corrected chi connectivity index (χ2v) is 9.98. The molecule has 2 amide bonds. The van der Waals surface area contributed by atoms with Gasteiger partial charge in [-0.25, -0.2) is 4.90 Å². The van der Waals surface area contributed by atoms with Crippen molar-refractivity contribution in [3.63, 3.8) is 0 Å². The minimum Gasteiger partial charge on any atom is -0.457 e. The Balaban J connectivity index is 1.45. The van der Waals surface area contributed by atoms with Crippen molar-refractivity contribution in [1.82, 2.24) is 0 Å². The van der Waals surface area contributed by atoms with Crippen LogP contribution in [0.4, 0.5) is 11.4 Å². The summed E-state index contributed by atoms with van der Waals surface area (Å²) in [6.07, 6.45) is 0. The normalized spacial score (nSPS) is 13.3. The van der Waals surface area contributed by atoms with Gasteiger partial charge >= 0.3 is 0 Å². The number of rotatable bonds is 7. The Hall–Kier alpha value is -4.29. The van der Waals surface area contributed by atoms with E-state index in [9.17, 15) is 9.59 Å². The van der Waals surface area contributed by atoms with Crippen LogP contribution >= 0.6 is 11.8 Å². The molecule has 0 saturated heterocycles. The van der Waals surface area contributed by atoms with Gasteiger partial charge in [-0.3, -0.25) is 9.59 Å². The molecule has 0 atom stereocenters. The Morgan fingerprint density at radius 3 is 2.05 bits per heavy atom. The zero-order chi connectivity index (χ0) is 25.9. The molecule has 0 radical (unpaired) electrons. The summed E-state index contributed by atoms with van der Waals surface area (Å²) in [5.74, 6) is 0.569. The summed E-state index contributed by atoms with van der Waals surface area (Å²) in [6.45, 7) is 6.07. The second kappa shape index (κ2) is 10.4. The summed E-state index contributed by atoms with van der Waals surface area (Å²) in [6, 6.07) is 30.2. The maximum atomic E-state index is 13.6. The van der Waals surface area contributed by atoms with E-state index in [1.807, 2.05) is 93.6 Å². The highest BCUT2D eigenvalue weighted by Gasteiger charge is 2.40. The Morgan fingerprint density at radius 1 is 0.703 bits per heavy atom. The topological polar surface area (TPSA) is 58.6 Å². The van der Waals surface area contributed by atoms with E-state index in [4.69, 9.17) is 4.74 Å². The molecule has 4 aromatic rings. The van der Waals surface area contributed by atoms with E-state index in [2.05, 4.69) is 5.32 Å². The maximum absolute atomic E-state index is 13.6. The highest BCUT2D eigenvalue weighted by Crippen LogP contribution is 2.38. The molecule has 5 rings (SSSR count). The van der Waals surface area contributed by atoms with Gasteiger partial charge in [0.05, 0.1) is 5.69 Å². The van der Waals surface area contributed by atoms with Crippen LogP contribution in [0.25, 0.3) is 0 Å². The number of benzene rings is 4. The average molecular weight is 507 g/mol. The number of ether oxygens (including phenoxy) is 1. The first-order valence-electron chi connectivity index (χ1n) is 11.9. The van der Waals surface area contributed by atoms with E-state index in [1.54, 1.807) is 24.3 Å². The molecule has 5 nitrogen and oxygen atoms in total. The summed E-state index contributed by atoms with van der Waals surface area (Å²) < 4.78 is 5.87. The molecule has 1 aliphatic heterocycles.